The molecule has 0 spiro atoms. The molecule has 0 bridgehead atoms. The monoisotopic (exact) mass is 440 g/mol. The van der Waals surface area contributed by atoms with Crippen molar-refractivity contribution in [3.05, 3.63) is 75.9 Å². The van der Waals surface area contributed by atoms with E-state index in [0.717, 1.165) is 22.3 Å². The van der Waals surface area contributed by atoms with E-state index in [-0.39, 0.29) is 18.6 Å². The summed E-state index contributed by atoms with van der Waals surface area (Å²) in [7, 11) is 0. The maximum absolute atomic E-state index is 13.0. The molecule has 0 radical (unpaired) electrons. The van der Waals surface area contributed by atoms with E-state index in [1.165, 1.54) is 16.7 Å². The first-order chi connectivity index (χ1) is 14.6. The highest BCUT2D eigenvalue weighted by Crippen LogP contribution is 2.34. The molecule has 0 amide bonds. The van der Waals surface area contributed by atoms with Crippen LogP contribution in [-0.4, -0.2) is 5.78 Å². The SMILES string of the molecule is C.C/C(C(=O)CC(C)(C)C)=C(/c1ccccc1C)c1cc(C)ccc1C.CC.CC.CC. The highest BCUT2D eigenvalue weighted by atomic mass is 16.1. The van der Waals surface area contributed by atoms with Gasteiger partial charge in [-0.15, -0.1) is 0 Å². The molecule has 1 nitrogen and oxygen atoms in total. The fourth-order valence-corrected chi connectivity index (χ4v) is 3.16. The van der Waals surface area contributed by atoms with Gasteiger partial charge in [0.1, 0.15) is 0 Å². The molecule has 0 aliphatic rings. The Labute approximate surface area is 201 Å². The van der Waals surface area contributed by atoms with E-state index in [2.05, 4.69) is 77.9 Å². The number of rotatable bonds is 4. The zero-order valence-electron chi connectivity index (χ0n) is 22.7. The van der Waals surface area contributed by atoms with Crippen molar-refractivity contribution >= 4 is 11.4 Å². The van der Waals surface area contributed by atoms with E-state index in [9.17, 15) is 4.79 Å². The second kappa shape index (κ2) is 17.4. The Morgan fingerprint density at radius 2 is 1.22 bits per heavy atom. The Morgan fingerprint density at radius 1 is 0.750 bits per heavy atom. The lowest BCUT2D eigenvalue weighted by atomic mass is 9.82. The van der Waals surface area contributed by atoms with Crippen LogP contribution in [0, 0.1) is 26.2 Å². The molecule has 32 heavy (non-hydrogen) atoms. The van der Waals surface area contributed by atoms with Gasteiger partial charge in [0.2, 0.25) is 0 Å². The first kappa shape index (κ1) is 34.5. The van der Waals surface area contributed by atoms with Crippen LogP contribution in [-0.2, 0) is 4.79 Å². The highest BCUT2D eigenvalue weighted by molar-refractivity contribution is 6.06. The Balaban J connectivity index is -0.00000111. The van der Waals surface area contributed by atoms with Crippen LogP contribution in [0.5, 0.6) is 0 Å². The molecule has 0 saturated carbocycles. The van der Waals surface area contributed by atoms with Crippen molar-refractivity contribution in [2.24, 2.45) is 5.41 Å². The standard InChI is InChI=1S/C24H30O.3C2H6.CH4/c1-16-12-13-18(3)21(14-16)23(20-11-9-8-10-17(20)2)19(4)22(25)15-24(5,6)7;3*1-2;/h8-14H,15H2,1-7H3;3*1-2H3;1H4/b23-19+;;;;. The molecule has 0 unspecified atom stereocenters. The molecule has 182 valence electrons. The van der Waals surface area contributed by atoms with Crippen LogP contribution in [0.4, 0.5) is 0 Å². The zero-order valence-corrected chi connectivity index (χ0v) is 22.7. The van der Waals surface area contributed by atoms with Crippen molar-refractivity contribution in [3.63, 3.8) is 0 Å². The number of hydrogen-bond donors (Lipinski definition) is 0. The molecule has 0 aromatic heterocycles. The third kappa shape index (κ3) is 10.9. The van der Waals surface area contributed by atoms with E-state index in [1.54, 1.807) is 0 Å². The number of benzene rings is 2. The molecule has 0 atom stereocenters. The van der Waals surface area contributed by atoms with Crippen molar-refractivity contribution < 1.29 is 4.79 Å². The second-order valence-electron chi connectivity index (χ2n) is 8.29. The van der Waals surface area contributed by atoms with E-state index >= 15 is 0 Å². The lowest BCUT2D eigenvalue weighted by molar-refractivity contribution is -0.117. The number of aryl methyl sites for hydroxylation is 3. The minimum atomic E-state index is -0.0170. The summed E-state index contributed by atoms with van der Waals surface area (Å²) in [5.74, 6) is 0.228. The summed E-state index contributed by atoms with van der Waals surface area (Å²) >= 11 is 0. The number of carbonyl (C=O) groups is 1. The van der Waals surface area contributed by atoms with Gasteiger partial charge in [-0.3, -0.25) is 4.79 Å². The molecule has 0 heterocycles. The van der Waals surface area contributed by atoms with Gasteiger partial charge in [-0.2, -0.15) is 0 Å². The topological polar surface area (TPSA) is 17.1 Å². The summed E-state index contributed by atoms with van der Waals surface area (Å²) in [6.07, 6.45) is 0.555. The molecule has 2 aromatic rings. The van der Waals surface area contributed by atoms with Crippen molar-refractivity contribution in [2.45, 2.75) is 104 Å². The number of Topliss-reactive ketones (excluding diaryl/α,β-unsaturated/α-hetero) is 1. The first-order valence-electron chi connectivity index (χ1n) is 12.0. The van der Waals surface area contributed by atoms with Crippen molar-refractivity contribution in [3.8, 4) is 0 Å². The summed E-state index contributed by atoms with van der Waals surface area (Å²) in [5, 5.41) is 0. The molecular weight excluding hydrogens is 388 g/mol. The largest absolute Gasteiger partial charge is 0.295 e. The molecule has 0 aliphatic carbocycles. The van der Waals surface area contributed by atoms with E-state index in [4.69, 9.17) is 0 Å². The average molecular weight is 441 g/mol. The number of ketones is 1. The van der Waals surface area contributed by atoms with Crippen LogP contribution in [0.25, 0.3) is 5.57 Å². The summed E-state index contributed by atoms with van der Waals surface area (Å²) in [6.45, 7) is 26.7. The molecule has 0 aliphatic heterocycles. The van der Waals surface area contributed by atoms with Gasteiger partial charge in [-0.05, 0) is 60.9 Å². The van der Waals surface area contributed by atoms with Gasteiger partial charge in [0, 0.05) is 12.0 Å². The molecule has 2 rings (SSSR count). The van der Waals surface area contributed by atoms with Crippen molar-refractivity contribution in [2.75, 3.05) is 0 Å². The number of carbonyl (C=O) groups excluding carboxylic acids is 1. The molecule has 1 heteroatoms. The molecular formula is C31H52O. The first-order valence-corrected chi connectivity index (χ1v) is 12.0. The van der Waals surface area contributed by atoms with Crippen LogP contribution in [0.3, 0.4) is 0 Å². The van der Waals surface area contributed by atoms with E-state index < -0.39 is 0 Å². The molecule has 0 saturated heterocycles. The second-order valence-corrected chi connectivity index (χ2v) is 8.29. The highest BCUT2D eigenvalue weighted by Gasteiger charge is 2.22. The summed E-state index contributed by atoms with van der Waals surface area (Å²) < 4.78 is 0. The van der Waals surface area contributed by atoms with E-state index in [0.29, 0.717) is 6.42 Å². The van der Waals surface area contributed by atoms with Crippen LogP contribution in [0.15, 0.2) is 48.0 Å². The fraction of sp³-hybridized carbons (Fsp3) is 0.516. The average Bonchev–Trinajstić information content (AvgIpc) is 2.75. The lowest BCUT2D eigenvalue weighted by Crippen LogP contribution is -2.15. The third-order valence-electron chi connectivity index (χ3n) is 4.56. The normalized spacial score (nSPS) is 10.5. The van der Waals surface area contributed by atoms with Gasteiger partial charge in [0.15, 0.2) is 5.78 Å². The van der Waals surface area contributed by atoms with Gasteiger partial charge in [0.25, 0.3) is 0 Å². The molecule has 0 fully saturated rings. The van der Waals surface area contributed by atoms with Gasteiger partial charge >= 0.3 is 0 Å². The van der Waals surface area contributed by atoms with Gasteiger partial charge in [0.05, 0.1) is 0 Å². The summed E-state index contributed by atoms with van der Waals surface area (Å²) in [6, 6.07) is 14.8. The molecule has 0 N–H and O–H groups in total. The minimum absolute atomic E-state index is 0. The number of allylic oxidation sites excluding steroid dienone is 1. The van der Waals surface area contributed by atoms with Crippen LogP contribution < -0.4 is 0 Å². The number of hydrogen-bond acceptors (Lipinski definition) is 1. The maximum atomic E-state index is 13.0. The minimum Gasteiger partial charge on any atom is -0.295 e. The van der Waals surface area contributed by atoms with Gasteiger partial charge in [-0.25, -0.2) is 0 Å². The predicted octanol–water partition coefficient (Wildman–Crippen LogP) is 10.2. The molecule has 2 aromatic carbocycles. The Morgan fingerprint density at radius 3 is 1.69 bits per heavy atom. The lowest BCUT2D eigenvalue weighted by Gasteiger charge is -2.21. The van der Waals surface area contributed by atoms with Gasteiger partial charge in [-0.1, -0.05) is 118 Å². The van der Waals surface area contributed by atoms with Gasteiger partial charge < -0.3 is 0 Å². The third-order valence-corrected chi connectivity index (χ3v) is 4.56. The zero-order chi connectivity index (χ0) is 24.8. The Bertz CT molecular complexity index is 817. The predicted molar refractivity (Wildman–Crippen MR) is 149 cm³/mol. The Kier molecular flexibility index (Phi) is 18.8. The van der Waals surface area contributed by atoms with Crippen molar-refractivity contribution in [1.29, 1.82) is 0 Å². The van der Waals surface area contributed by atoms with Crippen LogP contribution in [0.2, 0.25) is 0 Å². The fourth-order valence-electron chi connectivity index (χ4n) is 3.16. The Hall–Kier alpha value is -2.15. The van der Waals surface area contributed by atoms with Crippen molar-refractivity contribution in [1.82, 2.24) is 0 Å². The van der Waals surface area contributed by atoms with Crippen LogP contribution >= 0.6 is 0 Å². The summed E-state index contributed by atoms with van der Waals surface area (Å²) in [5.41, 5.74) is 7.84. The smallest absolute Gasteiger partial charge is 0.159 e. The quantitative estimate of drug-likeness (QED) is 0.432. The van der Waals surface area contributed by atoms with Crippen LogP contribution in [0.1, 0.15) is 111 Å². The van der Waals surface area contributed by atoms with E-state index in [1.807, 2.05) is 54.5 Å². The maximum Gasteiger partial charge on any atom is 0.159 e. The summed E-state index contributed by atoms with van der Waals surface area (Å²) in [4.78, 5) is 13.0.